The van der Waals surface area contributed by atoms with Gasteiger partial charge in [0.1, 0.15) is 0 Å². The molecule has 96 valence electrons. The van der Waals surface area contributed by atoms with E-state index in [1.165, 1.54) is 5.56 Å². The van der Waals surface area contributed by atoms with Gasteiger partial charge in [-0.15, -0.1) is 11.8 Å². The van der Waals surface area contributed by atoms with Gasteiger partial charge in [0, 0.05) is 17.2 Å². The summed E-state index contributed by atoms with van der Waals surface area (Å²) in [5, 5.41) is 13.1. The van der Waals surface area contributed by atoms with E-state index in [0.717, 1.165) is 23.0 Å². The Bertz CT molecular complexity index is 344. The van der Waals surface area contributed by atoms with Crippen LogP contribution in [-0.4, -0.2) is 24.0 Å². The zero-order valence-corrected chi connectivity index (χ0v) is 11.9. The Balaban J connectivity index is 2.65. The third-order valence-corrected chi connectivity index (χ3v) is 3.84. The molecule has 0 aliphatic rings. The summed E-state index contributed by atoms with van der Waals surface area (Å²) >= 11 is 7.79. The van der Waals surface area contributed by atoms with E-state index in [4.69, 9.17) is 16.7 Å². The van der Waals surface area contributed by atoms with E-state index < -0.39 is 0 Å². The molecule has 2 N–H and O–H groups in total. The first-order valence-electron chi connectivity index (χ1n) is 5.87. The summed E-state index contributed by atoms with van der Waals surface area (Å²) < 4.78 is 0. The van der Waals surface area contributed by atoms with Crippen molar-refractivity contribution < 1.29 is 5.11 Å². The van der Waals surface area contributed by atoms with Gasteiger partial charge in [-0.25, -0.2) is 0 Å². The number of benzene rings is 1. The fourth-order valence-corrected chi connectivity index (χ4v) is 2.68. The first-order valence-corrected chi connectivity index (χ1v) is 7.23. The number of aliphatic hydroxyl groups excluding tert-OH is 1. The van der Waals surface area contributed by atoms with Gasteiger partial charge in [0.15, 0.2) is 0 Å². The van der Waals surface area contributed by atoms with Gasteiger partial charge >= 0.3 is 0 Å². The standard InChI is InChI=1S/C13H20ClNOS/c1-10(2)8-15-9-11-4-3-5-12(14)13(11)17-7-6-16/h3-5,10,15-16H,6-9H2,1-2H3. The molecule has 0 unspecified atom stereocenters. The van der Waals surface area contributed by atoms with Crippen LogP contribution >= 0.6 is 23.4 Å². The molecule has 1 aromatic carbocycles. The second kappa shape index (κ2) is 7.98. The monoisotopic (exact) mass is 273 g/mol. The van der Waals surface area contributed by atoms with Crippen molar-refractivity contribution in [2.24, 2.45) is 5.92 Å². The van der Waals surface area contributed by atoms with Crippen LogP contribution in [0.15, 0.2) is 23.1 Å². The average Bonchev–Trinajstić information content (AvgIpc) is 2.28. The van der Waals surface area contributed by atoms with Gasteiger partial charge in [-0.2, -0.15) is 0 Å². The summed E-state index contributed by atoms with van der Waals surface area (Å²) in [4.78, 5) is 1.08. The Morgan fingerprint density at radius 2 is 2.18 bits per heavy atom. The Kier molecular flexibility index (Phi) is 6.97. The highest BCUT2D eigenvalue weighted by Gasteiger charge is 2.07. The molecule has 0 heterocycles. The molecule has 0 bridgehead atoms. The summed E-state index contributed by atoms with van der Waals surface area (Å²) in [6.45, 7) is 6.37. The van der Waals surface area contributed by atoms with Crippen molar-refractivity contribution in [1.82, 2.24) is 5.32 Å². The molecule has 0 amide bonds. The Labute approximate surface area is 113 Å². The molecule has 4 heteroatoms. The smallest absolute Gasteiger partial charge is 0.0545 e. The lowest BCUT2D eigenvalue weighted by Gasteiger charge is -2.12. The van der Waals surface area contributed by atoms with E-state index in [0.29, 0.717) is 11.7 Å². The maximum absolute atomic E-state index is 8.88. The largest absolute Gasteiger partial charge is 0.396 e. The summed E-state index contributed by atoms with van der Waals surface area (Å²) in [6.07, 6.45) is 0. The second-order valence-corrected chi connectivity index (χ2v) is 5.84. The number of hydrogen-bond acceptors (Lipinski definition) is 3. The number of aliphatic hydroxyl groups is 1. The molecule has 0 aliphatic carbocycles. The van der Waals surface area contributed by atoms with Crippen molar-refractivity contribution in [2.45, 2.75) is 25.3 Å². The van der Waals surface area contributed by atoms with Crippen LogP contribution in [0, 0.1) is 5.92 Å². The highest BCUT2D eigenvalue weighted by atomic mass is 35.5. The highest BCUT2D eigenvalue weighted by molar-refractivity contribution is 7.99. The number of rotatable bonds is 7. The van der Waals surface area contributed by atoms with Crippen LogP contribution < -0.4 is 5.32 Å². The molecular weight excluding hydrogens is 254 g/mol. The molecule has 0 spiro atoms. The van der Waals surface area contributed by atoms with Crippen molar-refractivity contribution in [3.63, 3.8) is 0 Å². The van der Waals surface area contributed by atoms with Gasteiger partial charge in [-0.1, -0.05) is 37.6 Å². The van der Waals surface area contributed by atoms with E-state index in [-0.39, 0.29) is 6.61 Å². The van der Waals surface area contributed by atoms with Gasteiger partial charge in [0.05, 0.1) is 11.6 Å². The zero-order chi connectivity index (χ0) is 12.7. The fraction of sp³-hybridized carbons (Fsp3) is 0.538. The van der Waals surface area contributed by atoms with E-state index in [1.807, 2.05) is 12.1 Å². The van der Waals surface area contributed by atoms with E-state index in [2.05, 4.69) is 25.2 Å². The lowest BCUT2D eigenvalue weighted by Crippen LogP contribution is -2.19. The Morgan fingerprint density at radius 3 is 2.82 bits per heavy atom. The molecule has 17 heavy (non-hydrogen) atoms. The lowest BCUT2D eigenvalue weighted by molar-refractivity contribution is 0.322. The number of halogens is 1. The maximum Gasteiger partial charge on any atom is 0.0545 e. The lowest BCUT2D eigenvalue weighted by atomic mass is 10.2. The topological polar surface area (TPSA) is 32.3 Å². The summed E-state index contributed by atoms with van der Waals surface area (Å²) in [6, 6.07) is 5.95. The molecule has 1 rings (SSSR count). The molecule has 0 fully saturated rings. The molecule has 0 aromatic heterocycles. The SMILES string of the molecule is CC(C)CNCc1cccc(Cl)c1SCCO. The first kappa shape index (κ1) is 14.8. The van der Waals surface area contributed by atoms with Crippen LogP contribution in [0.5, 0.6) is 0 Å². The summed E-state index contributed by atoms with van der Waals surface area (Å²) in [5.74, 6) is 1.32. The predicted octanol–water partition coefficient (Wildman–Crippen LogP) is 3.17. The van der Waals surface area contributed by atoms with Crippen LogP contribution in [0.1, 0.15) is 19.4 Å². The van der Waals surface area contributed by atoms with Crippen molar-refractivity contribution >= 4 is 23.4 Å². The molecule has 1 aromatic rings. The highest BCUT2D eigenvalue weighted by Crippen LogP contribution is 2.30. The minimum Gasteiger partial charge on any atom is -0.396 e. The Morgan fingerprint density at radius 1 is 1.41 bits per heavy atom. The zero-order valence-electron chi connectivity index (χ0n) is 10.4. The van der Waals surface area contributed by atoms with Crippen molar-refractivity contribution in [3.05, 3.63) is 28.8 Å². The molecule has 0 radical (unpaired) electrons. The Hall–Kier alpha value is -0.220. The second-order valence-electron chi connectivity index (χ2n) is 4.32. The van der Waals surface area contributed by atoms with Gasteiger partial charge in [0.25, 0.3) is 0 Å². The number of hydrogen-bond donors (Lipinski definition) is 2. The number of thioether (sulfide) groups is 1. The third kappa shape index (κ3) is 5.30. The molecular formula is C13H20ClNOS. The van der Waals surface area contributed by atoms with Crippen molar-refractivity contribution in [3.8, 4) is 0 Å². The van der Waals surface area contributed by atoms with E-state index in [1.54, 1.807) is 11.8 Å². The van der Waals surface area contributed by atoms with Gasteiger partial charge < -0.3 is 10.4 Å². The van der Waals surface area contributed by atoms with Crippen molar-refractivity contribution in [2.75, 3.05) is 18.9 Å². The molecule has 0 saturated carbocycles. The van der Waals surface area contributed by atoms with Crippen LogP contribution in [0.4, 0.5) is 0 Å². The molecule has 0 atom stereocenters. The van der Waals surface area contributed by atoms with Crippen LogP contribution in [0.3, 0.4) is 0 Å². The number of nitrogens with one attached hydrogen (secondary N) is 1. The van der Waals surface area contributed by atoms with E-state index in [9.17, 15) is 0 Å². The van der Waals surface area contributed by atoms with Gasteiger partial charge in [0.2, 0.25) is 0 Å². The van der Waals surface area contributed by atoms with Crippen molar-refractivity contribution in [1.29, 1.82) is 0 Å². The predicted molar refractivity (Wildman–Crippen MR) is 75.8 cm³/mol. The third-order valence-electron chi connectivity index (χ3n) is 2.25. The molecule has 0 aliphatic heterocycles. The molecule has 0 saturated heterocycles. The van der Waals surface area contributed by atoms with Crippen LogP contribution in [0.25, 0.3) is 0 Å². The van der Waals surface area contributed by atoms with E-state index >= 15 is 0 Å². The minimum atomic E-state index is 0.175. The van der Waals surface area contributed by atoms with Gasteiger partial charge in [-0.3, -0.25) is 0 Å². The summed E-state index contributed by atoms with van der Waals surface area (Å²) in [5.41, 5.74) is 1.21. The quantitative estimate of drug-likeness (QED) is 0.749. The molecule has 2 nitrogen and oxygen atoms in total. The normalized spacial score (nSPS) is 11.1. The fourth-order valence-electron chi connectivity index (χ4n) is 1.50. The van der Waals surface area contributed by atoms with Gasteiger partial charge in [-0.05, 0) is 24.1 Å². The minimum absolute atomic E-state index is 0.175. The average molecular weight is 274 g/mol. The van der Waals surface area contributed by atoms with Crippen LogP contribution in [-0.2, 0) is 6.54 Å². The maximum atomic E-state index is 8.88. The first-order chi connectivity index (χ1) is 8.15. The van der Waals surface area contributed by atoms with Crippen LogP contribution in [0.2, 0.25) is 5.02 Å². The summed E-state index contributed by atoms with van der Waals surface area (Å²) in [7, 11) is 0.